The van der Waals surface area contributed by atoms with E-state index in [0.717, 1.165) is 33.5 Å². The molecule has 0 atom stereocenters. The van der Waals surface area contributed by atoms with Crippen molar-refractivity contribution in [1.29, 1.82) is 5.26 Å². The minimum atomic E-state index is 0.289. The number of nitrogens with zero attached hydrogens (tertiary/aromatic N) is 4. The largest absolute Gasteiger partial charge is 0.463 e. The van der Waals surface area contributed by atoms with Gasteiger partial charge in [0.05, 0.1) is 28.7 Å². The van der Waals surface area contributed by atoms with Gasteiger partial charge in [0.1, 0.15) is 17.5 Å². The van der Waals surface area contributed by atoms with Crippen LogP contribution in [0.4, 0.5) is 5.82 Å². The molecule has 0 aliphatic heterocycles. The number of pyridine rings is 3. The van der Waals surface area contributed by atoms with Gasteiger partial charge in [-0.1, -0.05) is 50.2 Å². The van der Waals surface area contributed by atoms with Gasteiger partial charge < -0.3 is 9.73 Å². The van der Waals surface area contributed by atoms with Gasteiger partial charge >= 0.3 is 0 Å². The van der Waals surface area contributed by atoms with Gasteiger partial charge in [-0.05, 0) is 41.3 Å². The number of benzene rings is 1. The maximum atomic E-state index is 9.96. The number of hydrogen-bond donors (Lipinski definition) is 1. The van der Waals surface area contributed by atoms with Gasteiger partial charge in [-0.3, -0.25) is 9.97 Å². The van der Waals surface area contributed by atoms with Crippen LogP contribution in [0, 0.1) is 11.3 Å². The second-order valence-corrected chi connectivity index (χ2v) is 8.32. The lowest BCUT2D eigenvalue weighted by Crippen LogP contribution is -2.05. The number of furan rings is 1. The Labute approximate surface area is 198 Å². The molecule has 5 rings (SSSR count). The molecule has 34 heavy (non-hydrogen) atoms. The fraction of sp³-hybridized carbons (Fsp3) is 0.143. The van der Waals surface area contributed by atoms with Gasteiger partial charge in [0, 0.05) is 24.5 Å². The SMILES string of the molecule is CC(C)c1ccccc1-c1nc(NCc2ccc(-c3ccccn3)nc2)c2ccoc2c1C#N. The first-order valence-electron chi connectivity index (χ1n) is 11.2. The zero-order valence-corrected chi connectivity index (χ0v) is 19.0. The predicted octanol–water partition coefficient (Wildman–Crippen LogP) is 6.56. The Hall–Kier alpha value is -4.50. The molecule has 1 aromatic carbocycles. The summed E-state index contributed by atoms with van der Waals surface area (Å²) in [5.41, 5.74) is 6.36. The summed E-state index contributed by atoms with van der Waals surface area (Å²) in [6.45, 7) is 4.80. The molecule has 6 heteroatoms. The fourth-order valence-electron chi connectivity index (χ4n) is 4.05. The smallest absolute Gasteiger partial charge is 0.157 e. The first-order chi connectivity index (χ1) is 16.7. The lowest BCUT2D eigenvalue weighted by Gasteiger charge is -2.15. The van der Waals surface area contributed by atoms with E-state index < -0.39 is 0 Å². The Morgan fingerprint density at radius 2 is 1.79 bits per heavy atom. The maximum absolute atomic E-state index is 9.96. The lowest BCUT2D eigenvalue weighted by atomic mass is 9.93. The Balaban J connectivity index is 1.50. The summed E-state index contributed by atoms with van der Waals surface area (Å²) in [5.74, 6) is 0.960. The van der Waals surface area contributed by atoms with Crippen LogP contribution in [-0.2, 0) is 6.54 Å². The number of nitrogens with one attached hydrogen (secondary N) is 1. The van der Waals surface area contributed by atoms with Gasteiger partial charge in [0.15, 0.2) is 5.58 Å². The number of hydrogen-bond acceptors (Lipinski definition) is 6. The van der Waals surface area contributed by atoms with Crippen molar-refractivity contribution in [1.82, 2.24) is 15.0 Å². The van der Waals surface area contributed by atoms with Gasteiger partial charge in [-0.25, -0.2) is 4.98 Å². The summed E-state index contributed by atoms with van der Waals surface area (Å²) in [4.78, 5) is 13.8. The molecule has 166 valence electrons. The van der Waals surface area contributed by atoms with Gasteiger partial charge in [0.25, 0.3) is 0 Å². The van der Waals surface area contributed by atoms with Crippen LogP contribution in [0.3, 0.4) is 0 Å². The van der Waals surface area contributed by atoms with E-state index in [9.17, 15) is 5.26 Å². The third-order valence-electron chi connectivity index (χ3n) is 5.77. The van der Waals surface area contributed by atoms with Crippen molar-refractivity contribution in [2.75, 3.05) is 5.32 Å². The third kappa shape index (κ3) is 4.00. The Morgan fingerprint density at radius 3 is 2.53 bits per heavy atom. The van der Waals surface area contributed by atoms with Gasteiger partial charge in [-0.15, -0.1) is 0 Å². The molecule has 0 bridgehead atoms. The van der Waals surface area contributed by atoms with E-state index in [1.54, 1.807) is 12.5 Å². The molecule has 0 amide bonds. The highest BCUT2D eigenvalue weighted by Gasteiger charge is 2.20. The van der Waals surface area contributed by atoms with Crippen LogP contribution >= 0.6 is 0 Å². The molecule has 6 nitrogen and oxygen atoms in total. The van der Waals surface area contributed by atoms with E-state index in [-0.39, 0.29) is 5.92 Å². The van der Waals surface area contributed by atoms with Gasteiger partial charge in [0.2, 0.25) is 0 Å². The highest BCUT2D eigenvalue weighted by molar-refractivity contribution is 5.96. The summed E-state index contributed by atoms with van der Waals surface area (Å²) >= 11 is 0. The summed E-state index contributed by atoms with van der Waals surface area (Å²) in [7, 11) is 0. The standard InChI is InChI=1S/C28H23N5O/c1-18(2)20-7-3-4-8-21(20)26-23(15-29)27-22(12-14-34-27)28(33-26)32-17-19-10-11-25(31-16-19)24-9-5-6-13-30-24/h3-14,16,18H,17H2,1-2H3,(H,32,33). The molecule has 1 N–H and O–H groups in total. The fourth-order valence-corrected chi connectivity index (χ4v) is 4.05. The van der Waals surface area contributed by atoms with Crippen LogP contribution in [0.15, 0.2) is 83.7 Å². The van der Waals surface area contributed by atoms with Gasteiger partial charge in [-0.2, -0.15) is 5.26 Å². The Morgan fingerprint density at radius 1 is 0.971 bits per heavy atom. The zero-order valence-electron chi connectivity index (χ0n) is 19.0. The van der Waals surface area contributed by atoms with Crippen molar-refractivity contribution in [3.05, 3.63) is 96.0 Å². The van der Waals surface area contributed by atoms with Crippen molar-refractivity contribution in [3.63, 3.8) is 0 Å². The second-order valence-electron chi connectivity index (χ2n) is 8.32. The van der Waals surface area contributed by atoms with Crippen LogP contribution in [0.5, 0.6) is 0 Å². The third-order valence-corrected chi connectivity index (χ3v) is 5.77. The summed E-state index contributed by atoms with van der Waals surface area (Å²) in [6, 6.07) is 22.0. The second kappa shape index (κ2) is 9.16. The van der Waals surface area contributed by atoms with Crippen molar-refractivity contribution >= 4 is 16.8 Å². The first-order valence-corrected chi connectivity index (χ1v) is 11.2. The highest BCUT2D eigenvalue weighted by atomic mass is 16.3. The molecule has 0 fully saturated rings. The normalized spacial score (nSPS) is 11.0. The van der Waals surface area contributed by atoms with Crippen LogP contribution in [0.25, 0.3) is 33.6 Å². The molecule has 0 aliphatic rings. The number of nitriles is 1. The van der Waals surface area contributed by atoms with E-state index in [4.69, 9.17) is 9.40 Å². The van der Waals surface area contributed by atoms with Crippen molar-refractivity contribution < 1.29 is 4.42 Å². The monoisotopic (exact) mass is 445 g/mol. The number of rotatable bonds is 6. The molecule has 0 unspecified atom stereocenters. The Kier molecular flexibility index (Phi) is 5.75. The number of anilines is 1. The van der Waals surface area contributed by atoms with Crippen molar-refractivity contribution in [3.8, 4) is 28.7 Å². The molecule has 4 aromatic heterocycles. The zero-order chi connectivity index (χ0) is 23.5. The van der Waals surface area contributed by atoms with E-state index in [1.165, 1.54) is 0 Å². The molecule has 0 aliphatic carbocycles. The maximum Gasteiger partial charge on any atom is 0.157 e. The van der Waals surface area contributed by atoms with Crippen molar-refractivity contribution in [2.45, 2.75) is 26.3 Å². The van der Waals surface area contributed by atoms with E-state index in [2.05, 4.69) is 41.3 Å². The molecule has 5 aromatic rings. The molecule has 4 heterocycles. The molecular formula is C28H23N5O. The van der Waals surface area contributed by atoms with E-state index >= 15 is 0 Å². The van der Waals surface area contributed by atoms with E-state index in [0.29, 0.717) is 29.2 Å². The minimum absolute atomic E-state index is 0.289. The highest BCUT2D eigenvalue weighted by Crippen LogP contribution is 2.36. The average molecular weight is 446 g/mol. The quantitative estimate of drug-likeness (QED) is 0.318. The first kappa shape index (κ1) is 21.4. The van der Waals surface area contributed by atoms with Crippen LogP contribution in [0.1, 0.15) is 36.5 Å². The van der Waals surface area contributed by atoms with Crippen LogP contribution in [-0.4, -0.2) is 15.0 Å². The molecule has 0 saturated carbocycles. The van der Waals surface area contributed by atoms with Crippen LogP contribution < -0.4 is 5.32 Å². The predicted molar refractivity (Wildman–Crippen MR) is 133 cm³/mol. The summed E-state index contributed by atoms with van der Waals surface area (Å²) in [6.07, 6.45) is 5.19. The average Bonchev–Trinajstić information content (AvgIpc) is 3.38. The van der Waals surface area contributed by atoms with Crippen LogP contribution in [0.2, 0.25) is 0 Å². The topological polar surface area (TPSA) is 87.6 Å². The van der Waals surface area contributed by atoms with E-state index in [1.807, 2.05) is 60.8 Å². The molecular weight excluding hydrogens is 422 g/mol. The number of fused-ring (bicyclic) bond motifs is 1. The number of aromatic nitrogens is 3. The molecule has 0 spiro atoms. The Bertz CT molecular complexity index is 1480. The van der Waals surface area contributed by atoms with Crippen molar-refractivity contribution in [2.24, 2.45) is 0 Å². The minimum Gasteiger partial charge on any atom is -0.463 e. The summed E-state index contributed by atoms with van der Waals surface area (Å²) < 4.78 is 5.74. The summed E-state index contributed by atoms with van der Waals surface area (Å²) in [5, 5.41) is 14.2. The molecule has 0 saturated heterocycles. The molecule has 0 radical (unpaired) electrons. The lowest BCUT2D eigenvalue weighted by molar-refractivity contribution is 0.614.